The van der Waals surface area contributed by atoms with Crippen molar-refractivity contribution < 1.29 is 9.18 Å². The van der Waals surface area contributed by atoms with Crippen LogP contribution in [-0.4, -0.2) is 17.2 Å². The largest absolute Gasteiger partial charge is 0.352 e. The maximum atomic E-state index is 12.8. The highest BCUT2D eigenvalue weighted by atomic mass is 32.2. The van der Waals surface area contributed by atoms with E-state index in [9.17, 15) is 9.18 Å². The van der Waals surface area contributed by atoms with Crippen molar-refractivity contribution in [3.63, 3.8) is 0 Å². The zero-order valence-electron chi connectivity index (χ0n) is 11.2. The number of hydrogen-bond donors (Lipinski definition) is 1. The fraction of sp³-hybridized carbons (Fsp3) is 0.533. The van der Waals surface area contributed by atoms with E-state index in [0.717, 1.165) is 17.7 Å². The molecule has 2 nitrogen and oxygen atoms in total. The first-order chi connectivity index (χ1) is 9.15. The van der Waals surface area contributed by atoms with Gasteiger partial charge in [-0.25, -0.2) is 4.39 Å². The van der Waals surface area contributed by atoms with E-state index in [4.69, 9.17) is 0 Å². The molecule has 1 atom stereocenters. The van der Waals surface area contributed by atoms with Crippen LogP contribution in [0.1, 0.15) is 39.0 Å². The number of rotatable bonds is 4. The molecule has 0 aromatic heterocycles. The minimum absolute atomic E-state index is 0.0845. The lowest BCUT2D eigenvalue weighted by molar-refractivity contribution is -0.121. The van der Waals surface area contributed by atoms with E-state index >= 15 is 0 Å². The Morgan fingerprint density at radius 2 is 1.89 bits per heavy atom. The summed E-state index contributed by atoms with van der Waals surface area (Å²) < 4.78 is 12.8. The molecule has 0 radical (unpaired) electrons. The maximum Gasteiger partial charge on any atom is 0.233 e. The summed E-state index contributed by atoms with van der Waals surface area (Å²) in [6, 6.07) is 6.62. The molecule has 4 heteroatoms. The van der Waals surface area contributed by atoms with Crippen LogP contribution in [0.15, 0.2) is 29.2 Å². The van der Waals surface area contributed by atoms with Gasteiger partial charge in [-0.3, -0.25) is 4.79 Å². The average Bonchev–Trinajstić information content (AvgIpc) is 2.42. The summed E-state index contributed by atoms with van der Waals surface area (Å²) in [5.74, 6) is -0.162. The molecule has 0 heterocycles. The Bertz CT molecular complexity index is 415. The fourth-order valence-electron chi connectivity index (χ4n) is 2.34. The molecule has 1 aromatic rings. The molecule has 0 saturated heterocycles. The van der Waals surface area contributed by atoms with E-state index in [1.807, 2.05) is 6.92 Å². The molecule has 19 heavy (non-hydrogen) atoms. The Morgan fingerprint density at radius 1 is 1.26 bits per heavy atom. The van der Waals surface area contributed by atoms with Crippen LogP contribution in [-0.2, 0) is 4.79 Å². The number of hydrogen-bond acceptors (Lipinski definition) is 2. The zero-order chi connectivity index (χ0) is 13.7. The molecule has 1 aliphatic rings. The number of nitrogens with one attached hydrogen (secondary N) is 1. The highest BCUT2D eigenvalue weighted by molar-refractivity contribution is 8.00. The molecule has 2 rings (SSSR count). The van der Waals surface area contributed by atoms with Crippen molar-refractivity contribution in [3.05, 3.63) is 30.1 Å². The van der Waals surface area contributed by atoms with Crippen LogP contribution >= 0.6 is 11.8 Å². The predicted molar refractivity (Wildman–Crippen MR) is 76.7 cm³/mol. The molecule has 0 bridgehead atoms. The molecule has 1 saturated carbocycles. The van der Waals surface area contributed by atoms with Gasteiger partial charge in [0.05, 0.1) is 5.25 Å². The molecule has 104 valence electrons. The van der Waals surface area contributed by atoms with Gasteiger partial charge >= 0.3 is 0 Å². The smallest absolute Gasteiger partial charge is 0.233 e. The third-order valence-corrected chi connectivity index (χ3v) is 4.56. The fourth-order valence-corrected chi connectivity index (χ4v) is 3.21. The second-order valence-electron chi connectivity index (χ2n) is 5.06. The number of carbonyl (C=O) groups is 1. The summed E-state index contributed by atoms with van der Waals surface area (Å²) in [5, 5.41) is 2.97. The number of thioether (sulfide) groups is 1. The molecule has 0 aliphatic heterocycles. The second-order valence-corrected chi connectivity index (χ2v) is 6.47. The van der Waals surface area contributed by atoms with Gasteiger partial charge in [0.15, 0.2) is 0 Å². The van der Waals surface area contributed by atoms with Gasteiger partial charge in [-0.2, -0.15) is 0 Å². The Balaban J connectivity index is 1.83. The molecule has 1 fully saturated rings. The van der Waals surface area contributed by atoms with Crippen molar-refractivity contribution in [1.29, 1.82) is 0 Å². The van der Waals surface area contributed by atoms with Gasteiger partial charge in [0.2, 0.25) is 5.91 Å². The van der Waals surface area contributed by atoms with E-state index in [0.29, 0.717) is 6.04 Å². The molecule has 1 amide bonds. The van der Waals surface area contributed by atoms with E-state index in [1.54, 1.807) is 12.1 Å². The molecule has 1 N–H and O–H groups in total. The third kappa shape index (κ3) is 4.53. The Hall–Kier alpha value is -1.03. The summed E-state index contributed by atoms with van der Waals surface area (Å²) in [5.41, 5.74) is 0. The lowest BCUT2D eigenvalue weighted by Crippen LogP contribution is -2.40. The minimum Gasteiger partial charge on any atom is -0.352 e. The average molecular weight is 281 g/mol. The predicted octanol–water partition coefficient (Wildman–Crippen LogP) is 3.76. The lowest BCUT2D eigenvalue weighted by Gasteiger charge is -2.24. The van der Waals surface area contributed by atoms with E-state index in [2.05, 4.69) is 5.32 Å². The minimum atomic E-state index is -0.247. The van der Waals surface area contributed by atoms with Gasteiger partial charge < -0.3 is 5.32 Å². The third-order valence-electron chi connectivity index (χ3n) is 3.45. The Labute approximate surface area is 118 Å². The van der Waals surface area contributed by atoms with Gasteiger partial charge in [0.1, 0.15) is 5.82 Å². The standard InChI is InChI=1S/C15H20FNOS/c1-11(19-14-9-7-12(16)8-10-14)15(18)17-13-5-3-2-4-6-13/h7-11,13H,2-6H2,1H3,(H,17,18). The Kier molecular flexibility index (Phi) is 5.25. The Morgan fingerprint density at radius 3 is 2.53 bits per heavy atom. The monoisotopic (exact) mass is 281 g/mol. The van der Waals surface area contributed by atoms with Crippen molar-refractivity contribution in [1.82, 2.24) is 5.32 Å². The van der Waals surface area contributed by atoms with Crippen molar-refractivity contribution >= 4 is 17.7 Å². The van der Waals surface area contributed by atoms with Gasteiger partial charge in [-0.05, 0) is 44.0 Å². The van der Waals surface area contributed by atoms with Crippen molar-refractivity contribution in [3.8, 4) is 0 Å². The molecule has 1 aromatic carbocycles. The van der Waals surface area contributed by atoms with Crippen LogP contribution in [0.5, 0.6) is 0 Å². The van der Waals surface area contributed by atoms with Crippen LogP contribution < -0.4 is 5.32 Å². The number of carbonyl (C=O) groups excluding carboxylic acids is 1. The second kappa shape index (κ2) is 6.94. The zero-order valence-corrected chi connectivity index (χ0v) is 12.0. The quantitative estimate of drug-likeness (QED) is 0.852. The van der Waals surface area contributed by atoms with Gasteiger partial charge in [0.25, 0.3) is 0 Å². The van der Waals surface area contributed by atoms with Crippen molar-refractivity contribution in [2.45, 2.75) is 55.2 Å². The van der Waals surface area contributed by atoms with E-state index < -0.39 is 0 Å². The van der Waals surface area contributed by atoms with Crippen molar-refractivity contribution in [2.24, 2.45) is 0 Å². The van der Waals surface area contributed by atoms with Crippen LogP contribution in [0.3, 0.4) is 0 Å². The topological polar surface area (TPSA) is 29.1 Å². The van der Waals surface area contributed by atoms with Crippen LogP contribution in [0.4, 0.5) is 4.39 Å². The molecule has 0 spiro atoms. The van der Waals surface area contributed by atoms with Crippen LogP contribution in [0, 0.1) is 5.82 Å². The highest BCUT2D eigenvalue weighted by Crippen LogP contribution is 2.24. The number of halogens is 1. The highest BCUT2D eigenvalue weighted by Gasteiger charge is 2.20. The van der Waals surface area contributed by atoms with Crippen LogP contribution in [0.25, 0.3) is 0 Å². The maximum absolute atomic E-state index is 12.8. The first-order valence-corrected chi connectivity index (χ1v) is 7.76. The van der Waals surface area contributed by atoms with Crippen molar-refractivity contribution in [2.75, 3.05) is 0 Å². The summed E-state index contributed by atoms with van der Waals surface area (Å²) in [4.78, 5) is 13.0. The first-order valence-electron chi connectivity index (χ1n) is 6.88. The lowest BCUT2D eigenvalue weighted by atomic mass is 9.95. The SMILES string of the molecule is CC(Sc1ccc(F)cc1)C(=O)NC1CCCCC1. The number of benzene rings is 1. The van der Waals surface area contributed by atoms with E-state index in [1.165, 1.54) is 43.2 Å². The van der Waals surface area contributed by atoms with Gasteiger partial charge in [0, 0.05) is 10.9 Å². The molecular formula is C15H20FNOS. The van der Waals surface area contributed by atoms with Crippen LogP contribution in [0.2, 0.25) is 0 Å². The normalized spacial score (nSPS) is 18.0. The number of amides is 1. The van der Waals surface area contributed by atoms with Gasteiger partial charge in [-0.1, -0.05) is 19.3 Å². The van der Waals surface area contributed by atoms with E-state index in [-0.39, 0.29) is 17.0 Å². The summed E-state index contributed by atoms with van der Waals surface area (Å²) in [7, 11) is 0. The first kappa shape index (κ1) is 14.4. The van der Waals surface area contributed by atoms with Gasteiger partial charge in [-0.15, -0.1) is 11.8 Å². The molecule has 1 aliphatic carbocycles. The summed E-state index contributed by atoms with van der Waals surface area (Å²) in [6.07, 6.45) is 5.90. The summed E-state index contributed by atoms with van der Waals surface area (Å²) >= 11 is 1.47. The molecular weight excluding hydrogens is 261 g/mol. The molecule has 1 unspecified atom stereocenters. The summed E-state index contributed by atoms with van der Waals surface area (Å²) in [6.45, 7) is 1.90.